The highest BCUT2D eigenvalue weighted by molar-refractivity contribution is 5.88. The summed E-state index contributed by atoms with van der Waals surface area (Å²) in [7, 11) is 0. The van der Waals surface area contributed by atoms with Crippen molar-refractivity contribution >= 4 is 11.6 Å². The molecule has 0 amide bonds. The Morgan fingerprint density at radius 2 is 1.08 bits per heavy atom. The summed E-state index contributed by atoms with van der Waals surface area (Å²) in [5, 5.41) is 0. The van der Waals surface area contributed by atoms with Gasteiger partial charge in [-0.15, -0.1) is 0 Å². The molecule has 0 unspecified atom stereocenters. The molecule has 0 aromatic rings. The monoisotopic (exact) mass is 352 g/mol. The van der Waals surface area contributed by atoms with E-state index in [1.54, 1.807) is 6.92 Å². The molecule has 144 valence electrons. The largest absolute Gasteiger partial charge is 0.299 e. The first kappa shape index (κ1) is 20.6. The van der Waals surface area contributed by atoms with Crippen LogP contribution < -0.4 is 0 Å². The molecule has 0 spiro atoms. The Hall–Kier alpha value is -0.730. The van der Waals surface area contributed by atoms with E-state index in [0.717, 1.165) is 51.4 Å². The Balaban J connectivity index is 1.75. The number of halogens is 1. The van der Waals surface area contributed by atoms with Gasteiger partial charge < -0.3 is 0 Å². The van der Waals surface area contributed by atoms with Crippen molar-refractivity contribution in [2.45, 2.75) is 115 Å². The second-order valence-electron chi connectivity index (χ2n) is 8.72. The zero-order valence-corrected chi connectivity index (χ0v) is 16.2. The molecule has 0 bridgehead atoms. The van der Waals surface area contributed by atoms with E-state index in [-0.39, 0.29) is 17.6 Å². The third-order valence-corrected chi connectivity index (χ3v) is 6.38. The minimum absolute atomic E-state index is 0.0597. The fourth-order valence-corrected chi connectivity index (χ4v) is 4.63. The van der Waals surface area contributed by atoms with Gasteiger partial charge in [-0.3, -0.25) is 9.59 Å². The summed E-state index contributed by atoms with van der Waals surface area (Å²) in [5.41, 5.74) is -1.05. The number of alkyl halides is 1. The molecule has 0 saturated heterocycles. The summed E-state index contributed by atoms with van der Waals surface area (Å²) in [6.07, 6.45) is 14.6. The van der Waals surface area contributed by atoms with Crippen LogP contribution in [0.3, 0.4) is 0 Å². The maximum Gasteiger partial charge on any atom is 0.136 e. The zero-order valence-electron chi connectivity index (χ0n) is 16.2. The quantitative estimate of drug-likeness (QED) is 0.577. The molecule has 0 N–H and O–H groups in total. The van der Waals surface area contributed by atoms with E-state index in [4.69, 9.17) is 0 Å². The fraction of sp³-hybridized carbons (Fsp3) is 0.909. The van der Waals surface area contributed by atoms with Crippen molar-refractivity contribution in [2.75, 3.05) is 0 Å². The number of rotatable bonds is 5. The van der Waals surface area contributed by atoms with Gasteiger partial charge in [0.25, 0.3) is 0 Å². The van der Waals surface area contributed by atoms with E-state index >= 15 is 0 Å². The molecule has 2 saturated carbocycles. The summed E-state index contributed by atoms with van der Waals surface area (Å²) in [6, 6.07) is 0. The van der Waals surface area contributed by atoms with Crippen molar-refractivity contribution in [1.29, 1.82) is 0 Å². The van der Waals surface area contributed by atoms with Crippen LogP contribution in [0.2, 0.25) is 0 Å². The van der Waals surface area contributed by atoms with Gasteiger partial charge in [-0.1, -0.05) is 38.5 Å². The van der Waals surface area contributed by atoms with Crippen LogP contribution in [0.1, 0.15) is 110 Å². The Bertz CT molecular complexity index is 408. The number of ketones is 2. The third kappa shape index (κ3) is 7.58. The minimum atomic E-state index is -1.05. The van der Waals surface area contributed by atoms with Gasteiger partial charge in [0.05, 0.1) is 0 Å². The summed E-state index contributed by atoms with van der Waals surface area (Å²) < 4.78 is 14.1. The molecule has 2 aliphatic carbocycles. The van der Waals surface area contributed by atoms with Crippen LogP contribution >= 0.6 is 0 Å². The molecule has 3 heteroatoms. The summed E-state index contributed by atoms with van der Waals surface area (Å²) in [6.45, 7) is 1.69. The third-order valence-electron chi connectivity index (χ3n) is 6.38. The second kappa shape index (κ2) is 10.4. The van der Waals surface area contributed by atoms with Crippen LogP contribution in [0.15, 0.2) is 0 Å². The van der Waals surface area contributed by atoms with E-state index in [2.05, 4.69) is 0 Å². The van der Waals surface area contributed by atoms with Gasteiger partial charge in [0.2, 0.25) is 0 Å². The number of hydrogen-bond donors (Lipinski definition) is 0. The van der Waals surface area contributed by atoms with Crippen molar-refractivity contribution in [2.24, 2.45) is 11.8 Å². The van der Waals surface area contributed by atoms with Crippen LogP contribution in [0, 0.1) is 11.8 Å². The number of hydrogen-bond acceptors (Lipinski definition) is 2. The van der Waals surface area contributed by atoms with E-state index in [1.165, 1.54) is 25.7 Å². The van der Waals surface area contributed by atoms with Gasteiger partial charge in [-0.2, -0.15) is 0 Å². The second-order valence-corrected chi connectivity index (χ2v) is 8.72. The molecule has 0 aromatic carbocycles. The average Bonchev–Trinajstić information content (AvgIpc) is 2.69. The van der Waals surface area contributed by atoms with Crippen molar-refractivity contribution in [3.63, 3.8) is 0 Å². The van der Waals surface area contributed by atoms with Crippen molar-refractivity contribution in [1.82, 2.24) is 0 Å². The SMILES string of the molecule is CC1(F)CCCC(C(=O)CCC(=O)C2CCCCCCCC2)CCC1. The molecule has 2 nitrogen and oxygen atoms in total. The maximum absolute atomic E-state index is 14.1. The standard InChI is InChI=1S/C22H37FO2/c1-22(23)16-8-12-19(13-9-17-22)21(25)15-14-20(24)18-10-6-4-2-3-5-7-11-18/h18-19H,2-17H2,1H3. The van der Waals surface area contributed by atoms with Crippen molar-refractivity contribution < 1.29 is 14.0 Å². The van der Waals surface area contributed by atoms with Gasteiger partial charge in [0, 0.05) is 24.7 Å². The summed E-state index contributed by atoms with van der Waals surface area (Å²) >= 11 is 0. The first-order chi connectivity index (χ1) is 12.0. The molecule has 0 atom stereocenters. The lowest BCUT2D eigenvalue weighted by Gasteiger charge is -2.26. The molecule has 2 fully saturated rings. The van der Waals surface area contributed by atoms with E-state index in [9.17, 15) is 14.0 Å². The van der Waals surface area contributed by atoms with Gasteiger partial charge in [0.1, 0.15) is 17.2 Å². The van der Waals surface area contributed by atoms with E-state index in [1.807, 2.05) is 0 Å². The Morgan fingerprint density at radius 3 is 1.52 bits per heavy atom. The number of Topliss-reactive ketones (excluding diaryl/α,β-unsaturated/α-hetero) is 2. The molecule has 0 aliphatic heterocycles. The lowest BCUT2D eigenvalue weighted by Crippen LogP contribution is -2.24. The first-order valence-corrected chi connectivity index (χ1v) is 10.7. The van der Waals surface area contributed by atoms with E-state index < -0.39 is 5.67 Å². The highest BCUT2D eigenvalue weighted by Gasteiger charge is 2.29. The van der Waals surface area contributed by atoms with Gasteiger partial charge >= 0.3 is 0 Å². The smallest absolute Gasteiger partial charge is 0.136 e. The van der Waals surface area contributed by atoms with Gasteiger partial charge in [-0.25, -0.2) is 4.39 Å². The fourth-order valence-electron chi connectivity index (χ4n) is 4.63. The molecular weight excluding hydrogens is 315 g/mol. The van der Waals surface area contributed by atoms with Crippen LogP contribution in [0.25, 0.3) is 0 Å². The Kier molecular flexibility index (Phi) is 8.58. The zero-order chi connectivity index (χ0) is 18.1. The van der Waals surface area contributed by atoms with E-state index in [0.29, 0.717) is 31.5 Å². The average molecular weight is 353 g/mol. The van der Waals surface area contributed by atoms with Crippen molar-refractivity contribution in [3.05, 3.63) is 0 Å². The predicted octanol–water partition coefficient (Wildman–Crippen LogP) is 6.35. The highest BCUT2D eigenvalue weighted by Crippen LogP contribution is 2.32. The molecule has 2 rings (SSSR count). The lowest BCUT2D eigenvalue weighted by molar-refractivity contribution is -0.128. The molecule has 0 heterocycles. The first-order valence-electron chi connectivity index (χ1n) is 10.7. The molecular formula is C22H37FO2. The number of carbonyl (C=O) groups excluding carboxylic acids is 2. The molecule has 25 heavy (non-hydrogen) atoms. The van der Waals surface area contributed by atoms with Crippen LogP contribution in [-0.4, -0.2) is 17.2 Å². The van der Waals surface area contributed by atoms with Crippen LogP contribution in [0.5, 0.6) is 0 Å². The van der Waals surface area contributed by atoms with Crippen molar-refractivity contribution in [3.8, 4) is 0 Å². The maximum atomic E-state index is 14.1. The molecule has 2 aliphatic rings. The molecule has 0 radical (unpaired) electrons. The predicted molar refractivity (Wildman–Crippen MR) is 100 cm³/mol. The van der Waals surface area contributed by atoms with Crippen LogP contribution in [-0.2, 0) is 9.59 Å². The minimum Gasteiger partial charge on any atom is -0.299 e. The lowest BCUT2D eigenvalue weighted by atomic mass is 9.81. The summed E-state index contributed by atoms with van der Waals surface area (Å²) in [4.78, 5) is 25.1. The Labute approximate surface area is 153 Å². The summed E-state index contributed by atoms with van der Waals surface area (Å²) in [5.74, 6) is 0.816. The van der Waals surface area contributed by atoms with Crippen LogP contribution in [0.4, 0.5) is 4.39 Å². The number of carbonyl (C=O) groups is 2. The Morgan fingerprint density at radius 1 is 0.720 bits per heavy atom. The van der Waals surface area contributed by atoms with Gasteiger partial charge in [-0.05, 0) is 58.3 Å². The molecule has 0 aromatic heterocycles. The topological polar surface area (TPSA) is 34.1 Å². The highest BCUT2D eigenvalue weighted by atomic mass is 19.1. The van der Waals surface area contributed by atoms with Gasteiger partial charge in [0.15, 0.2) is 0 Å². The normalized spacial score (nSPS) is 30.4.